The molecule has 0 aliphatic heterocycles. The van der Waals surface area contributed by atoms with Gasteiger partial charge in [0.1, 0.15) is 0 Å². The van der Waals surface area contributed by atoms with Crippen molar-refractivity contribution in [3.8, 4) is 0 Å². The molecule has 0 aliphatic carbocycles. The van der Waals surface area contributed by atoms with E-state index >= 15 is 0 Å². The Balaban J connectivity index is 4.04. The molecule has 0 bridgehead atoms. The Hall–Kier alpha value is -0.790. The maximum atomic E-state index is 3.99. The average Bonchev–Trinajstić information content (AvgIpc) is 1.84. The molecule has 0 aromatic rings. The van der Waals surface area contributed by atoms with Crippen LogP contribution in [0.1, 0.15) is 13.8 Å². The van der Waals surface area contributed by atoms with E-state index in [9.17, 15) is 0 Å². The minimum Gasteiger partial charge on any atom is -0.338 e. The van der Waals surface area contributed by atoms with Crippen LogP contribution in [-0.4, -0.2) is 24.8 Å². The molecule has 0 heterocycles. The monoisotopic (exact) mass is 126 g/mol. The molecule has 2 nitrogen and oxygen atoms in total. The van der Waals surface area contributed by atoms with Gasteiger partial charge in [-0.15, -0.1) is 0 Å². The zero-order valence-electron chi connectivity index (χ0n) is 6.60. The SMILES string of the molecule is C=C(C)N(C)C(C)=NC. The van der Waals surface area contributed by atoms with Gasteiger partial charge in [-0.05, 0) is 13.8 Å². The van der Waals surface area contributed by atoms with Gasteiger partial charge in [0.2, 0.25) is 0 Å². The predicted octanol–water partition coefficient (Wildman–Crippen LogP) is 1.50. The Morgan fingerprint density at radius 2 is 1.89 bits per heavy atom. The van der Waals surface area contributed by atoms with Gasteiger partial charge in [-0.3, -0.25) is 4.99 Å². The Labute approximate surface area is 56.9 Å². The van der Waals surface area contributed by atoms with E-state index in [1.165, 1.54) is 0 Å². The van der Waals surface area contributed by atoms with E-state index in [0.29, 0.717) is 0 Å². The van der Waals surface area contributed by atoms with Crippen LogP contribution in [0, 0.1) is 0 Å². The van der Waals surface area contributed by atoms with Crippen LogP contribution in [-0.2, 0) is 0 Å². The van der Waals surface area contributed by atoms with E-state index in [0.717, 1.165) is 11.5 Å². The molecule has 0 unspecified atom stereocenters. The standard InChI is InChI=1S/C7H14N2/c1-6(2)9(5)7(3)8-4/h1H2,2-5H3. The first kappa shape index (κ1) is 8.21. The summed E-state index contributed by atoms with van der Waals surface area (Å²) in [5.74, 6) is 0.988. The van der Waals surface area contributed by atoms with Gasteiger partial charge in [0.15, 0.2) is 0 Å². The number of rotatable bonds is 1. The molecule has 52 valence electrons. The number of nitrogens with zero attached hydrogens (tertiary/aromatic N) is 2. The lowest BCUT2D eigenvalue weighted by Gasteiger charge is -2.16. The molecule has 0 aromatic heterocycles. The molecule has 0 rings (SSSR count). The average molecular weight is 126 g/mol. The van der Waals surface area contributed by atoms with Gasteiger partial charge < -0.3 is 4.90 Å². The molecular formula is C7H14N2. The minimum atomic E-state index is 0.988. The van der Waals surface area contributed by atoms with Crippen LogP contribution in [0.4, 0.5) is 0 Å². The van der Waals surface area contributed by atoms with Crippen LogP contribution < -0.4 is 0 Å². The second-order valence-corrected chi connectivity index (χ2v) is 2.07. The van der Waals surface area contributed by atoms with Crippen molar-refractivity contribution in [3.05, 3.63) is 12.3 Å². The van der Waals surface area contributed by atoms with E-state index in [-0.39, 0.29) is 0 Å². The minimum absolute atomic E-state index is 0.988. The van der Waals surface area contributed by atoms with E-state index < -0.39 is 0 Å². The van der Waals surface area contributed by atoms with Gasteiger partial charge in [-0.2, -0.15) is 0 Å². The molecule has 0 spiro atoms. The molecule has 0 fully saturated rings. The molecule has 9 heavy (non-hydrogen) atoms. The van der Waals surface area contributed by atoms with Crippen molar-refractivity contribution in [1.82, 2.24) is 4.90 Å². The quantitative estimate of drug-likeness (QED) is 0.384. The molecule has 0 saturated carbocycles. The largest absolute Gasteiger partial charge is 0.338 e. The molecular weight excluding hydrogens is 112 g/mol. The number of hydrogen-bond donors (Lipinski definition) is 0. The van der Waals surface area contributed by atoms with E-state index in [1.54, 1.807) is 7.05 Å². The molecule has 2 heteroatoms. The van der Waals surface area contributed by atoms with Gasteiger partial charge in [0, 0.05) is 19.8 Å². The van der Waals surface area contributed by atoms with E-state index in [2.05, 4.69) is 11.6 Å². The van der Waals surface area contributed by atoms with Gasteiger partial charge in [-0.1, -0.05) is 6.58 Å². The van der Waals surface area contributed by atoms with Crippen LogP contribution >= 0.6 is 0 Å². The summed E-state index contributed by atoms with van der Waals surface area (Å²) in [5, 5.41) is 0. The fourth-order valence-corrected chi connectivity index (χ4v) is 0.426. The van der Waals surface area contributed by atoms with Crippen LogP contribution in [0.25, 0.3) is 0 Å². The third-order valence-corrected chi connectivity index (χ3v) is 1.38. The van der Waals surface area contributed by atoms with Gasteiger partial charge in [0.05, 0.1) is 5.84 Å². The molecule has 0 aromatic carbocycles. The van der Waals surface area contributed by atoms with Gasteiger partial charge in [-0.25, -0.2) is 0 Å². The third-order valence-electron chi connectivity index (χ3n) is 1.38. The Morgan fingerprint density at radius 1 is 1.44 bits per heavy atom. The zero-order chi connectivity index (χ0) is 7.44. The van der Waals surface area contributed by atoms with Crippen molar-refractivity contribution >= 4 is 5.84 Å². The highest BCUT2D eigenvalue weighted by Gasteiger charge is 1.96. The van der Waals surface area contributed by atoms with Gasteiger partial charge >= 0.3 is 0 Å². The normalized spacial score (nSPS) is 11.3. The number of aliphatic imine (C=N–C) groups is 1. The van der Waals surface area contributed by atoms with E-state index in [4.69, 9.17) is 0 Å². The summed E-state index contributed by atoms with van der Waals surface area (Å²) in [6.45, 7) is 7.68. The lowest BCUT2D eigenvalue weighted by Crippen LogP contribution is -2.20. The Kier molecular flexibility index (Phi) is 2.99. The second-order valence-electron chi connectivity index (χ2n) is 2.07. The molecule has 0 radical (unpaired) electrons. The summed E-state index contributed by atoms with van der Waals surface area (Å²) >= 11 is 0. The lowest BCUT2D eigenvalue weighted by atomic mass is 10.4. The first-order valence-electron chi connectivity index (χ1n) is 2.92. The number of hydrogen-bond acceptors (Lipinski definition) is 1. The predicted molar refractivity (Wildman–Crippen MR) is 41.6 cm³/mol. The van der Waals surface area contributed by atoms with E-state index in [1.807, 2.05) is 25.8 Å². The van der Waals surface area contributed by atoms with Crippen molar-refractivity contribution in [3.63, 3.8) is 0 Å². The third kappa shape index (κ3) is 2.31. The lowest BCUT2D eigenvalue weighted by molar-refractivity contribution is 0.625. The summed E-state index contributed by atoms with van der Waals surface area (Å²) < 4.78 is 0. The van der Waals surface area contributed by atoms with Crippen LogP contribution in [0.5, 0.6) is 0 Å². The van der Waals surface area contributed by atoms with Crippen molar-refractivity contribution in [2.24, 2.45) is 4.99 Å². The topological polar surface area (TPSA) is 15.6 Å². The first-order valence-corrected chi connectivity index (χ1v) is 2.92. The summed E-state index contributed by atoms with van der Waals surface area (Å²) in [4.78, 5) is 5.94. The summed E-state index contributed by atoms with van der Waals surface area (Å²) in [6.07, 6.45) is 0. The molecule has 0 amide bonds. The van der Waals surface area contributed by atoms with Crippen LogP contribution in [0.3, 0.4) is 0 Å². The highest BCUT2D eigenvalue weighted by molar-refractivity contribution is 5.80. The maximum absolute atomic E-state index is 3.99. The van der Waals surface area contributed by atoms with Crippen molar-refractivity contribution in [1.29, 1.82) is 0 Å². The highest BCUT2D eigenvalue weighted by Crippen LogP contribution is 1.96. The van der Waals surface area contributed by atoms with Gasteiger partial charge in [0.25, 0.3) is 0 Å². The number of amidine groups is 1. The van der Waals surface area contributed by atoms with Crippen LogP contribution in [0.2, 0.25) is 0 Å². The van der Waals surface area contributed by atoms with Crippen molar-refractivity contribution < 1.29 is 0 Å². The fourth-order valence-electron chi connectivity index (χ4n) is 0.426. The second kappa shape index (κ2) is 3.28. The molecule has 0 atom stereocenters. The van der Waals surface area contributed by atoms with Crippen molar-refractivity contribution in [2.75, 3.05) is 14.1 Å². The summed E-state index contributed by atoms with van der Waals surface area (Å²) in [5.41, 5.74) is 1.01. The molecule has 0 saturated heterocycles. The molecule has 0 aliphatic rings. The first-order chi connectivity index (χ1) is 4.09. The molecule has 0 N–H and O–H groups in total. The van der Waals surface area contributed by atoms with Crippen molar-refractivity contribution in [2.45, 2.75) is 13.8 Å². The number of allylic oxidation sites excluding steroid dienone is 1. The summed E-state index contributed by atoms with van der Waals surface area (Å²) in [7, 11) is 3.72. The smallest absolute Gasteiger partial charge is 0.0992 e. The Morgan fingerprint density at radius 3 is 2.00 bits per heavy atom. The fraction of sp³-hybridized carbons (Fsp3) is 0.571. The zero-order valence-corrected chi connectivity index (χ0v) is 6.60. The Bertz CT molecular complexity index is 136. The summed E-state index contributed by atoms with van der Waals surface area (Å²) in [6, 6.07) is 0. The van der Waals surface area contributed by atoms with Crippen LogP contribution in [0.15, 0.2) is 17.3 Å². The highest BCUT2D eigenvalue weighted by atomic mass is 15.2. The maximum Gasteiger partial charge on any atom is 0.0992 e.